The summed E-state index contributed by atoms with van der Waals surface area (Å²) in [5, 5.41) is 20.3. The highest BCUT2D eigenvalue weighted by molar-refractivity contribution is 5.11. The maximum atomic E-state index is 12.8. The number of alkyl halides is 3. The van der Waals surface area contributed by atoms with Crippen LogP contribution in [0.5, 0.6) is 0 Å². The third-order valence-corrected chi connectivity index (χ3v) is 11.1. The standard InChI is InChI=1S/C27H45F3O3/c1-17(5-10-23(31)27(28,29)30)20-8-9-21-19-7-6-18-15-24(2,32)13-14-26(18,16-33-4)22(19)11-12-25(20,21)3/h17-23,31-32H,5-16H2,1-4H3/t17-,18+,19?,20-,21+,22+,23?,24+,25-,26-/m1/s1. The van der Waals surface area contributed by atoms with Gasteiger partial charge in [-0.05, 0) is 124 Å². The van der Waals surface area contributed by atoms with Gasteiger partial charge in [-0.15, -0.1) is 0 Å². The van der Waals surface area contributed by atoms with Crippen LogP contribution in [0.1, 0.15) is 91.4 Å². The fraction of sp³-hybridized carbons (Fsp3) is 1.00. The third kappa shape index (κ3) is 4.50. The van der Waals surface area contributed by atoms with Gasteiger partial charge >= 0.3 is 6.18 Å². The van der Waals surface area contributed by atoms with Crippen molar-refractivity contribution in [1.82, 2.24) is 0 Å². The molecule has 2 N–H and O–H groups in total. The van der Waals surface area contributed by atoms with E-state index < -0.39 is 17.9 Å². The molecule has 0 spiro atoms. The SMILES string of the molecule is COC[C@]12CC[C@](C)(O)C[C@@H]1CCC1[C@@H]3CC[C@H]([C@H](C)CCC(O)C(F)(F)F)[C@@]3(C)CC[C@@H]12. The van der Waals surface area contributed by atoms with Crippen LogP contribution in [0.15, 0.2) is 0 Å². The molecule has 0 amide bonds. The molecule has 0 aromatic carbocycles. The number of rotatable bonds is 6. The van der Waals surface area contributed by atoms with Crippen molar-refractivity contribution < 1.29 is 28.1 Å². The predicted molar refractivity (Wildman–Crippen MR) is 123 cm³/mol. The Hall–Kier alpha value is -0.330. The van der Waals surface area contributed by atoms with Gasteiger partial charge in [0.15, 0.2) is 0 Å². The lowest BCUT2D eigenvalue weighted by molar-refractivity contribution is -0.206. The minimum Gasteiger partial charge on any atom is -0.390 e. The number of methoxy groups -OCH3 is 1. The number of aliphatic hydroxyl groups is 2. The Bertz CT molecular complexity index is 695. The van der Waals surface area contributed by atoms with E-state index >= 15 is 0 Å². The van der Waals surface area contributed by atoms with Gasteiger partial charge in [-0.3, -0.25) is 0 Å². The number of aliphatic hydroxyl groups excluding tert-OH is 1. The van der Waals surface area contributed by atoms with Gasteiger partial charge in [-0.1, -0.05) is 13.8 Å². The Morgan fingerprint density at radius 1 is 0.970 bits per heavy atom. The molecule has 192 valence electrons. The average Bonchev–Trinajstić information content (AvgIpc) is 3.08. The topological polar surface area (TPSA) is 49.7 Å². The summed E-state index contributed by atoms with van der Waals surface area (Å²) in [6.07, 6.45) is 3.27. The smallest absolute Gasteiger partial charge is 0.390 e. The average molecular weight is 475 g/mol. The van der Waals surface area contributed by atoms with E-state index in [-0.39, 0.29) is 23.2 Å². The maximum absolute atomic E-state index is 12.8. The number of halogens is 3. The second-order valence-electron chi connectivity index (χ2n) is 12.9. The Morgan fingerprint density at radius 2 is 1.70 bits per heavy atom. The van der Waals surface area contributed by atoms with Gasteiger partial charge in [-0.2, -0.15) is 13.2 Å². The minimum atomic E-state index is -4.52. The highest BCUT2D eigenvalue weighted by atomic mass is 19.4. The molecule has 0 bridgehead atoms. The molecule has 4 aliphatic rings. The molecule has 2 unspecified atom stereocenters. The van der Waals surface area contributed by atoms with E-state index in [0.717, 1.165) is 45.1 Å². The second kappa shape index (κ2) is 8.96. The van der Waals surface area contributed by atoms with Gasteiger partial charge in [-0.25, -0.2) is 0 Å². The molecule has 3 nitrogen and oxygen atoms in total. The van der Waals surface area contributed by atoms with Gasteiger partial charge in [0, 0.05) is 7.11 Å². The molecule has 0 radical (unpaired) electrons. The van der Waals surface area contributed by atoms with Crippen LogP contribution in [0.4, 0.5) is 13.2 Å². The van der Waals surface area contributed by atoms with Crippen molar-refractivity contribution in [2.75, 3.05) is 13.7 Å². The highest BCUT2D eigenvalue weighted by Gasteiger charge is 2.62. The van der Waals surface area contributed by atoms with E-state index in [9.17, 15) is 23.4 Å². The zero-order valence-corrected chi connectivity index (χ0v) is 21.0. The first-order valence-corrected chi connectivity index (χ1v) is 13.3. The second-order valence-corrected chi connectivity index (χ2v) is 12.9. The van der Waals surface area contributed by atoms with E-state index in [0.29, 0.717) is 36.0 Å². The van der Waals surface area contributed by atoms with E-state index in [4.69, 9.17) is 4.74 Å². The lowest BCUT2D eigenvalue weighted by Gasteiger charge is -2.63. The van der Waals surface area contributed by atoms with Crippen molar-refractivity contribution in [2.24, 2.45) is 46.3 Å². The molecule has 4 fully saturated rings. The maximum Gasteiger partial charge on any atom is 0.414 e. The molecular weight excluding hydrogens is 429 g/mol. The molecule has 4 aliphatic carbocycles. The minimum absolute atomic E-state index is 0.168. The van der Waals surface area contributed by atoms with Gasteiger partial charge in [0.05, 0.1) is 12.2 Å². The van der Waals surface area contributed by atoms with Crippen LogP contribution < -0.4 is 0 Å². The Kier molecular flexibility index (Phi) is 6.99. The van der Waals surface area contributed by atoms with Gasteiger partial charge in [0.25, 0.3) is 0 Å². The fourth-order valence-corrected chi connectivity index (χ4v) is 9.54. The van der Waals surface area contributed by atoms with Crippen LogP contribution >= 0.6 is 0 Å². The van der Waals surface area contributed by atoms with E-state index in [1.165, 1.54) is 19.3 Å². The van der Waals surface area contributed by atoms with Crippen molar-refractivity contribution in [1.29, 1.82) is 0 Å². The monoisotopic (exact) mass is 474 g/mol. The van der Waals surface area contributed by atoms with Crippen molar-refractivity contribution in [3.8, 4) is 0 Å². The number of ether oxygens (including phenoxy) is 1. The Labute approximate surface area is 197 Å². The summed E-state index contributed by atoms with van der Waals surface area (Å²) in [5.74, 6) is 3.08. The molecule has 6 heteroatoms. The number of hydrogen-bond donors (Lipinski definition) is 2. The lowest BCUT2D eigenvalue weighted by atomic mass is 9.43. The number of hydrogen-bond acceptors (Lipinski definition) is 3. The first-order chi connectivity index (χ1) is 15.3. The summed E-state index contributed by atoms with van der Waals surface area (Å²) < 4.78 is 44.3. The van der Waals surface area contributed by atoms with Crippen molar-refractivity contribution in [3.05, 3.63) is 0 Å². The Morgan fingerprint density at radius 3 is 2.36 bits per heavy atom. The van der Waals surface area contributed by atoms with E-state index in [1.54, 1.807) is 0 Å². The first-order valence-electron chi connectivity index (χ1n) is 13.3. The first kappa shape index (κ1) is 25.8. The molecule has 4 rings (SSSR count). The van der Waals surface area contributed by atoms with E-state index in [1.807, 2.05) is 14.0 Å². The van der Waals surface area contributed by atoms with Gasteiger partial charge in [0.1, 0.15) is 6.10 Å². The molecule has 4 saturated carbocycles. The van der Waals surface area contributed by atoms with Crippen molar-refractivity contribution >= 4 is 0 Å². The molecular formula is C27H45F3O3. The van der Waals surface area contributed by atoms with Crippen LogP contribution in [-0.2, 0) is 4.74 Å². The summed E-state index contributed by atoms with van der Waals surface area (Å²) in [5.41, 5.74) is -0.209. The zero-order chi connectivity index (χ0) is 24.2. The molecule has 0 aromatic rings. The zero-order valence-electron chi connectivity index (χ0n) is 21.0. The molecule has 0 saturated heterocycles. The molecule has 0 aromatic heterocycles. The molecule has 33 heavy (non-hydrogen) atoms. The van der Waals surface area contributed by atoms with Crippen LogP contribution in [0.2, 0.25) is 0 Å². The van der Waals surface area contributed by atoms with Crippen LogP contribution in [-0.4, -0.2) is 41.8 Å². The van der Waals surface area contributed by atoms with Crippen molar-refractivity contribution in [3.63, 3.8) is 0 Å². The number of fused-ring (bicyclic) bond motifs is 5. The Balaban J connectivity index is 1.49. The van der Waals surface area contributed by atoms with Gasteiger partial charge < -0.3 is 14.9 Å². The quantitative estimate of drug-likeness (QED) is 0.471. The normalized spacial score (nSPS) is 47.4. The summed E-state index contributed by atoms with van der Waals surface area (Å²) in [7, 11) is 1.82. The summed E-state index contributed by atoms with van der Waals surface area (Å²) in [6.45, 7) is 7.31. The summed E-state index contributed by atoms with van der Waals surface area (Å²) in [6, 6.07) is 0. The van der Waals surface area contributed by atoms with Crippen LogP contribution in [0.3, 0.4) is 0 Å². The van der Waals surface area contributed by atoms with Crippen molar-refractivity contribution in [2.45, 2.75) is 109 Å². The predicted octanol–water partition coefficient (Wildman–Crippen LogP) is 6.36. The lowest BCUT2D eigenvalue weighted by Crippen LogP contribution is -2.58. The third-order valence-electron chi connectivity index (χ3n) is 11.1. The molecule has 0 heterocycles. The van der Waals surface area contributed by atoms with Crippen LogP contribution in [0.25, 0.3) is 0 Å². The van der Waals surface area contributed by atoms with Crippen LogP contribution in [0, 0.1) is 46.3 Å². The van der Waals surface area contributed by atoms with E-state index in [2.05, 4.69) is 13.8 Å². The molecule has 10 atom stereocenters. The van der Waals surface area contributed by atoms with Gasteiger partial charge in [0.2, 0.25) is 0 Å². The fourth-order valence-electron chi connectivity index (χ4n) is 9.54. The summed E-state index contributed by atoms with van der Waals surface area (Å²) >= 11 is 0. The molecule has 0 aliphatic heterocycles. The highest BCUT2D eigenvalue weighted by Crippen LogP contribution is 2.69. The summed E-state index contributed by atoms with van der Waals surface area (Å²) in [4.78, 5) is 0. The largest absolute Gasteiger partial charge is 0.414 e.